The zero-order chi connectivity index (χ0) is 21.1. The number of amides is 2. The van der Waals surface area contributed by atoms with E-state index in [4.69, 9.17) is 16.3 Å². The van der Waals surface area contributed by atoms with Gasteiger partial charge in [0.25, 0.3) is 11.8 Å². The molecule has 1 aromatic heterocycles. The van der Waals surface area contributed by atoms with Crippen molar-refractivity contribution < 1.29 is 14.3 Å². The molecular formula is C23H17ClN2O3S. The Bertz CT molecular complexity index is 1220. The number of ether oxygens (including phenoxy) is 1. The number of nitrogens with one attached hydrogen (secondary N) is 2. The van der Waals surface area contributed by atoms with Crippen molar-refractivity contribution in [3.05, 3.63) is 88.3 Å². The predicted molar refractivity (Wildman–Crippen MR) is 122 cm³/mol. The van der Waals surface area contributed by atoms with Crippen LogP contribution in [0.4, 0.5) is 11.4 Å². The smallest absolute Gasteiger partial charge is 0.267 e. The van der Waals surface area contributed by atoms with Gasteiger partial charge in [-0.3, -0.25) is 9.59 Å². The van der Waals surface area contributed by atoms with E-state index in [1.807, 2.05) is 24.3 Å². The number of anilines is 2. The molecule has 4 rings (SSSR count). The Morgan fingerprint density at radius 1 is 0.833 bits per heavy atom. The quantitative estimate of drug-likeness (QED) is 0.399. The number of carbonyl (C=O) groups is 2. The van der Waals surface area contributed by atoms with Crippen LogP contribution in [0.1, 0.15) is 20.0 Å². The number of fused-ring (bicyclic) bond motifs is 1. The molecule has 0 radical (unpaired) electrons. The van der Waals surface area contributed by atoms with Crippen LogP contribution in [0.25, 0.3) is 10.1 Å². The van der Waals surface area contributed by atoms with Crippen molar-refractivity contribution in [3.63, 3.8) is 0 Å². The van der Waals surface area contributed by atoms with Crippen LogP contribution in [0.2, 0.25) is 5.02 Å². The first-order chi connectivity index (χ1) is 14.5. The Morgan fingerprint density at radius 2 is 1.43 bits per heavy atom. The predicted octanol–water partition coefficient (Wildman–Crippen LogP) is 6.07. The minimum atomic E-state index is -0.281. The number of carbonyl (C=O) groups excluding carboxylic acids is 2. The molecule has 150 valence electrons. The van der Waals surface area contributed by atoms with E-state index in [1.54, 1.807) is 55.6 Å². The average molecular weight is 437 g/mol. The topological polar surface area (TPSA) is 67.4 Å². The van der Waals surface area contributed by atoms with Crippen molar-refractivity contribution >= 4 is 56.2 Å². The minimum Gasteiger partial charge on any atom is -0.497 e. The van der Waals surface area contributed by atoms with E-state index in [0.29, 0.717) is 32.6 Å². The van der Waals surface area contributed by atoms with Gasteiger partial charge in [0.05, 0.1) is 12.1 Å². The molecule has 1 heterocycles. The lowest BCUT2D eigenvalue weighted by Crippen LogP contribution is -2.13. The molecule has 0 fully saturated rings. The van der Waals surface area contributed by atoms with Crippen LogP contribution in [-0.4, -0.2) is 18.9 Å². The monoisotopic (exact) mass is 436 g/mol. The van der Waals surface area contributed by atoms with E-state index in [2.05, 4.69) is 10.6 Å². The van der Waals surface area contributed by atoms with E-state index < -0.39 is 0 Å². The normalized spacial score (nSPS) is 10.6. The largest absolute Gasteiger partial charge is 0.497 e. The molecule has 0 bridgehead atoms. The van der Waals surface area contributed by atoms with Crippen LogP contribution in [0.3, 0.4) is 0 Å². The Balaban J connectivity index is 1.44. The van der Waals surface area contributed by atoms with Gasteiger partial charge in [0.2, 0.25) is 0 Å². The van der Waals surface area contributed by atoms with Crippen molar-refractivity contribution in [3.8, 4) is 5.75 Å². The Kier molecular flexibility index (Phi) is 5.70. The fourth-order valence-electron chi connectivity index (χ4n) is 2.93. The standard InChI is InChI=1S/C23H17ClN2O3S/c1-29-17-12-10-16(11-13-17)25-22(27)14-6-8-15(9-7-14)26-23(28)21-20(24)18-4-2-3-5-19(18)30-21/h2-13H,1H3,(H,25,27)(H,26,28). The van der Waals surface area contributed by atoms with Crippen LogP contribution in [-0.2, 0) is 0 Å². The summed E-state index contributed by atoms with van der Waals surface area (Å²) < 4.78 is 6.06. The van der Waals surface area contributed by atoms with Gasteiger partial charge in [-0.25, -0.2) is 0 Å². The zero-order valence-corrected chi connectivity index (χ0v) is 17.5. The molecule has 2 amide bonds. The van der Waals surface area contributed by atoms with Crippen molar-refractivity contribution in [1.82, 2.24) is 0 Å². The van der Waals surface area contributed by atoms with Crippen LogP contribution in [0, 0.1) is 0 Å². The summed E-state index contributed by atoms with van der Waals surface area (Å²) in [6.45, 7) is 0. The lowest BCUT2D eigenvalue weighted by atomic mass is 10.2. The van der Waals surface area contributed by atoms with Gasteiger partial charge in [0, 0.05) is 27.0 Å². The summed E-state index contributed by atoms with van der Waals surface area (Å²) in [7, 11) is 1.59. The Labute approximate surface area is 182 Å². The maximum Gasteiger partial charge on any atom is 0.267 e. The molecule has 0 aliphatic heterocycles. The second kappa shape index (κ2) is 8.57. The molecule has 0 saturated heterocycles. The van der Waals surface area contributed by atoms with E-state index >= 15 is 0 Å². The minimum absolute atomic E-state index is 0.245. The Hall–Kier alpha value is -3.35. The fraction of sp³-hybridized carbons (Fsp3) is 0.0435. The van der Waals surface area contributed by atoms with Gasteiger partial charge in [0.1, 0.15) is 10.6 Å². The molecule has 0 atom stereocenters. The summed E-state index contributed by atoms with van der Waals surface area (Å²) >= 11 is 7.72. The van der Waals surface area contributed by atoms with Crippen molar-refractivity contribution in [2.45, 2.75) is 0 Å². The number of halogens is 1. The van der Waals surface area contributed by atoms with Crippen LogP contribution in [0.5, 0.6) is 5.75 Å². The molecule has 5 nitrogen and oxygen atoms in total. The fourth-order valence-corrected chi connectivity index (χ4v) is 4.34. The molecular weight excluding hydrogens is 420 g/mol. The third-order valence-electron chi connectivity index (χ3n) is 4.49. The van der Waals surface area contributed by atoms with E-state index in [-0.39, 0.29) is 11.8 Å². The van der Waals surface area contributed by atoms with Crippen LogP contribution in [0.15, 0.2) is 72.8 Å². The molecule has 0 saturated carbocycles. The molecule has 7 heteroatoms. The number of hydrogen-bond donors (Lipinski definition) is 2. The molecule has 2 N–H and O–H groups in total. The first-order valence-corrected chi connectivity index (χ1v) is 10.3. The second-order valence-electron chi connectivity index (χ2n) is 6.46. The van der Waals surface area contributed by atoms with Crippen LogP contribution < -0.4 is 15.4 Å². The third-order valence-corrected chi connectivity index (χ3v) is 6.17. The second-order valence-corrected chi connectivity index (χ2v) is 7.89. The first-order valence-electron chi connectivity index (χ1n) is 9.09. The van der Waals surface area contributed by atoms with Crippen molar-refractivity contribution in [1.29, 1.82) is 0 Å². The van der Waals surface area contributed by atoms with Gasteiger partial charge >= 0.3 is 0 Å². The van der Waals surface area contributed by atoms with Gasteiger partial charge in [-0.15, -0.1) is 11.3 Å². The number of methoxy groups -OCH3 is 1. The molecule has 0 aliphatic carbocycles. The molecule has 0 unspecified atom stereocenters. The van der Waals surface area contributed by atoms with Crippen LogP contribution >= 0.6 is 22.9 Å². The summed E-state index contributed by atoms with van der Waals surface area (Å²) in [5.74, 6) is 0.189. The van der Waals surface area contributed by atoms with E-state index in [1.165, 1.54) is 11.3 Å². The number of rotatable bonds is 5. The zero-order valence-electron chi connectivity index (χ0n) is 15.9. The maximum absolute atomic E-state index is 12.6. The van der Waals surface area contributed by atoms with Gasteiger partial charge < -0.3 is 15.4 Å². The number of hydrogen-bond acceptors (Lipinski definition) is 4. The molecule has 0 spiro atoms. The highest BCUT2D eigenvalue weighted by Crippen LogP contribution is 2.35. The highest BCUT2D eigenvalue weighted by molar-refractivity contribution is 7.21. The van der Waals surface area contributed by atoms with E-state index in [9.17, 15) is 9.59 Å². The SMILES string of the molecule is COc1ccc(NC(=O)c2ccc(NC(=O)c3sc4ccccc4c3Cl)cc2)cc1. The molecule has 0 aliphatic rings. The van der Waals surface area contributed by atoms with Crippen molar-refractivity contribution in [2.24, 2.45) is 0 Å². The summed E-state index contributed by atoms with van der Waals surface area (Å²) in [5.41, 5.74) is 1.72. The Morgan fingerprint density at radius 3 is 2.07 bits per heavy atom. The van der Waals surface area contributed by atoms with Gasteiger partial charge in [-0.2, -0.15) is 0 Å². The summed E-state index contributed by atoms with van der Waals surface area (Å²) in [5, 5.41) is 6.96. The van der Waals surface area contributed by atoms with Crippen molar-refractivity contribution in [2.75, 3.05) is 17.7 Å². The lowest BCUT2D eigenvalue weighted by Gasteiger charge is -2.08. The first kappa shape index (κ1) is 19.9. The third kappa shape index (κ3) is 4.15. The van der Waals surface area contributed by atoms with Gasteiger partial charge in [0.15, 0.2) is 0 Å². The lowest BCUT2D eigenvalue weighted by molar-refractivity contribution is 0.102. The average Bonchev–Trinajstić information content (AvgIpc) is 3.11. The molecule has 30 heavy (non-hydrogen) atoms. The maximum atomic E-state index is 12.6. The molecule has 4 aromatic rings. The summed E-state index contributed by atoms with van der Waals surface area (Å²) in [4.78, 5) is 25.5. The van der Waals surface area contributed by atoms with Gasteiger partial charge in [-0.05, 0) is 54.6 Å². The van der Waals surface area contributed by atoms with Gasteiger partial charge in [-0.1, -0.05) is 29.8 Å². The highest BCUT2D eigenvalue weighted by atomic mass is 35.5. The molecule has 3 aromatic carbocycles. The van der Waals surface area contributed by atoms with E-state index in [0.717, 1.165) is 10.1 Å². The number of thiophene rings is 1. The summed E-state index contributed by atoms with van der Waals surface area (Å²) in [6.07, 6.45) is 0. The highest BCUT2D eigenvalue weighted by Gasteiger charge is 2.17. The number of benzene rings is 3. The summed E-state index contributed by atoms with van der Waals surface area (Å²) in [6, 6.07) is 21.4.